The van der Waals surface area contributed by atoms with Gasteiger partial charge in [0.15, 0.2) is 0 Å². The number of benzene rings is 1. The Balaban J connectivity index is 2.23. The fraction of sp³-hybridized carbons (Fsp3) is 0.143. The molecule has 0 aliphatic carbocycles. The summed E-state index contributed by atoms with van der Waals surface area (Å²) in [5.74, 6) is -0.301. The zero-order chi connectivity index (χ0) is 14.0. The number of halogens is 1. The Hall–Kier alpha value is -2.07. The number of aryl methyl sites for hydroxylation is 2. The lowest BCUT2D eigenvalue weighted by Gasteiger charge is -2.08. The molecule has 98 valence electrons. The van der Waals surface area contributed by atoms with Gasteiger partial charge in [-0.1, -0.05) is 17.7 Å². The molecule has 19 heavy (non-hydrogen) atoms. The molecule has 0 unspecified atom stereocenters. The number of nitrogen functional groups attached to an aromatic ring is 1. The number of amides is 1. The van der Waals surface area contributed by atoms with E-state index in [0.29, 0.717) is 22.0 Å². The maximum atomic E-state index is 12.1. The molecule has 0 atom stereocenters. The Morgan fingerprint density at radius 3 is 2.68 bits per heavy atom. The van der Waals surface area contributed by atoms with Crippen molar-refractivity contribution >= 4 is 28.9 Å². The second kappa shape index (κ2) is 5.28. The second-order valence-electron chi connectivity index (χ2n) is 4.33. The van der Waals surface area contributed by atoms with E-state index in [1.807, 2.05) is 19.9 Å². The van der Waals surface area contributed by atoms with Crippen LogP contribution in [0, 0.1) is 13.8 Å². The second-order valence-corrected chi connectivity index (χ2v) is 4.74. The summed E-state index contributed by atoms with van der Waals surface area (Å²) in [6.07, 6.45) is 1.47. The average molecular weight is 276 g/mol. The predicted octanol–water partition coefficient (Wildman–Crippen LogP) is 3.19. The van der Waals surface area contributed by atoms with Crippen molar-refractivity contribution in [2.75, 3.05) is 11.1 Å². The van der Waals surface area contributed by atoms with E-state index in [2.05, 4.69) is 10.3 Å². The van der Waals surface area contributed by atoms with E-state index >= 15 is 0 Å². The third-order valence-electron chi connectivity index (χ3n) is 2.75. The molecule has 0 saturated heterocycles. The average Bonchev–Trinajstić information content (AvgIpc) is 2.33. The van der Waals surface area contributed by atoms with Crippen LogP contribution in [-0.2, 0) is 0 Å². The van der Waals surface area contributed by atoms with Gasteiger partial charge in [-0.2, -0.15) is 0 Å². The van der Waals surface area contributed by atoms with Gasteiger partial charge in [-0.3, -0.25) is 9.78 Å². The molecule has 0 aliphatic rings. The van der Waals surface area contributed by atoms with Gasteiger partial charge in [0.2, 0.25) is 0 Å². The van der Waals surface area contributed by atoms with Crippen LogP contribution in [0.15, 0.2) is 30.5 Å². The minimum atomic E-state index is -0.301. The van der Waals surface area contributed by atoms with E-state index in [1.165, 1.54) is 6.20 Å². The van der Waals surface area contributed by atoms with Gasteiger partial charge in [-0.05, 0) is 37.6 Å². The monoisotopic (exact) mass is 275 g/mol. The van der Waals surface area contributed by atoms with Crippen molar-refractivity contribution in [1.29, 1.82) is 0 Å². The molecular weight excluding hydrogens is 262 g/mol. The number of aromatic nitrogens is 1. The van der Waals surface area contributed by atoms with Crippen molar-refractivity contribution in [2.24, 2.45) is 0 Å². The van der Waals surface area contributed by atoms with Gasteiger partial charge in [0.25, 0.3) is 5.91 Å². The SMILES string of the molecule is Cc1cc(N)c(C(=O)Nc2ccc(C)c(Cl)c2)cn1. The van der Waals surface area contributed by atoms with Crippen molar-refractivity contribution < 1.29 is 4.79 Å². The highest BCUT2D eigenvalue weighted by Crippen LogP contribution is 2.21. The minimum absolute atomic E-state index is 0.301. The maximum Gasteiger partial charge on any atom is 0.259 e. The fourth-order valence-corrected chi connectivity index (χ4v) is 1.82. The highest BCUT2D eigenvalue weighted by molar-refractivity contribution is 6.31. The molecule has 2 rings (SSSR count). The zero-order valence-electron chi connectivity index (χ0n) is 10.7. The number of rotatable bonds is 2. The highest BCUT2D eigenvalue weighted by Gasteiger charge is 2.11. The van der Waals surface area contributed by atoms with Gasteiger partial charge in [0, 0.05) is 28.3 Å². The summed E-state index contributed by atoms with van der Waals surface area (Å²) in [5.41, 5.74) is 8.91. The quantitative estimate of drug-likeness (QED) is 0.884. The van der Waals surface area contributed by atoms with E-state index in [0.717, 1.165) is 11.3 Å². The Kier molecular flexibility index (Phi) is 3.71. The molecule has 3 N–H and O–H groups in total. The Labute approximate surface area is 116 Å². The van der Waals surface area contributed by atoms with Gasteiger partial charge < -0.3 is 11.1 Å². The van der Waals surface area contributed by atoms with Crippen LogP contribution in [-0.4, -0.2) is 10.9 Å². The van der Waals surface area contributed by atoms with E-state index in [9.17, 15) is 4.79 Å². The summed E-state index contributed by atoms with van der Waals surface area (Å²) < 4.78 is 0. The Morgan fingerprint density at radius 2 is 2.05 bits per heavy atom. The molecule has 1 aromatic carbocycles. The lowest BCUT2D eigenvalue weighted by Crippen LogP contribution is -2.14. The van der Waals surface area contributed by atoms with Crippen molar-refractivity contribution in [2.45, 2.75) is 13.8 Å². The number of nitrogens with two attached hydrogens (primary N) is 1. The van der Waals surface area contributed by atoms with Gasteiger partial charge >= 0.3 is 0 Å². The largest absolute Gasteiger partial charge is 0.398 e. The lowest BCUT2D eigenvalue weighted by atomic mass is 10.2. The van der Waals surface area contributed by atoms with E-state index in [1.54, 1.807) is 18.2 Å². The number of anilines is 2. The number of carbonyl (C=O) groups excluding carboxylic acids is 1. The summed E-state index contributed by atoms with van der Waals surface area (Å²) in [5, 5.41) is 3.35. The molecule has 0 saturated carbocycles. The molecule has 1 aromatic heterocycles. The van der Waals surface area contributed by atoms with Gasteiger partial charge in [0.1, 0.15) is 0 Å². The first-order chi connectivity index (χ1) is 8.97. The van der Waals surface area contributed by atoms with Gasteiger partial charge in [0.05, 0.1) is 5.56 Å². The van der Waals surface area contributed by atoms with Crippen LogP contribution in [0.5, 0.6) is 0 Å². The molecule has 2 aromatic rings. The maximum absolute atomic E-state index is 12.1. The summed E-state index contributed by atoms with van der Waals surface area (Å²) in [6.45, 7) is 3.72. The molecule has 0 aliphatic heterocycles. The van der Waals surface area contributed by atoms with Crippen molar-refractivity contribution in [3.63, 3.8) is 0 Å². The van der Waals surface area contributed by atoms with Crippen LogP contribution in [0.4, 0.5) is 11.4 Å². The van der Waals surface area contributed by atoms with Gasteiger partial charge in [-0.25, -0.2) is 0 Å². The van der Waals surface area contributed by atoms with Crippen molar-refractivity contribution in [3.05, 3.63) is 52.3 Å². The van der Waals surface area contributed by atoms with Crippen molar-refractivity contribution in [3.8, 4) is 0 Å². The first kappa shape index (κ1) is 13.4. The number of hydrogen-bond donors (Lipinski definition) is 2. The van der Waals surface area contributed by atoms with Crippen LogP contribution >= 0.6 is 11.6 Å². The fourth-order valence-electron chi connectivity index (χ4n) is 1.64. The summed E-state index contributed by atoms with van der Waals surface area (Å²) in [6, 6.07) is 7.00. The molecule has 1 heterocycles. The molecule has 0 fully saturated rings. The zero-order valence-corrected chi connectivity index (χ0v) is 11.5. The first-order valence-electron chi connectivity index (χ1n) is 5.77. The number of nitrogens with one attached hydrogen (secondary N) is 1. The molecular formula is C14H14ClN3O. The number of carbonyl (C=O) groups is 1. The summed E-state index contributed by atoms with van der Waals surface area (Å²) in [7, 11) is 0. The van der Waals surface area contributed by atoms with E-state index < -0.39 is 0 Å². The first-order valence-corrected chi connectivity index (χ1v) is 6.15. The molecule has 0 radical (unpaired) electrons. The van der Waals surface area contributed by atoms with Crippen LogP contribution in [0.25, 0.3) is 0 Å². The molecule has 5 heteroatoms. The third-order valence-corrected chi connectivity index (χ3v) is 3.15. The topological polar surface area (TPSA) is 68.0 Å². The van der Waals surface area contributed by atoms with Crippen LogP contribution < -0.4 is 11.1 Å². The van der Waals surface area contributed by atoms with Crippen LogP contribution in [0.1, 0.15) is 21.6 Å². The standard InChI is InChI=1S/C14H14ClN3O/c1-8-3-4-10(6-12(8)15)18-14(19)11-7-17-9(2)5-13(11)16/h3-7H,1-2H3,(H2,16,17)(H,18,19). The lowest BCUT2D eigenvalue weighted by molar-refractivity contribution is 0.102. The molecule has 1 amide bonds. The molecule has 0 spiro atoms. The van der Waals surface area contributed by atoms with Crippen LogP contribution in [0.2, 0.25) is 5.02 Å². The normalized spacial score (nSPS) is 10.3. The van der Waals surface area contributed by atoms with Gasteiger partial charge in [-0.15, -0.1) is 0 Å². The van der Waals surface area contributed by atoms with E-state index in [4.69, 9.17) is 17.3 Å². The number of pyridine rings is 1. The summed E-state index contributed by atoms with van der Waals surface area (Å²) >= 11 is 6.01. The third kappa shape index (κ3) is 3.03. The molecule has 0 bridgehead atoms. The molecule has 4 nitrogen and oxygen atoms in total. The Bertz CT molecular complexity index is 641. The predicted molar refractivity (Wildman–Crippen MR) is 77.5 cm³/mol. The highest BCUT2D eigenvalue weighted by atomic mass is 35.5. The number of hydrogen-bond acceptors (Lipinski definition) is 3. The smallest absolute Gasteiger partial charge is 0.259 e. The van der Waals surface area contributed by atoms with Crippen molar-refractivity contribution in [1.82, 2.24) is 4.98 Å². The van der Waals surface area contributed by atoms with E-state index in [-0.39, 0.29) is 5.91 Å². The summed E-state index contributed by atoms with van der Waals surface area (Å²) in [4.78, 5) is 16.1. The van der Waals surface area contributed by atoms with Crippen LogP contribution in [0.3, 0.4) is 0 Å². The minimum Gasteiger partial charge on any atom is -0.398 e. The number of nitrogens with zero attached hydrogens (tertiary/aromatic N) is 1. The Morgan fingerprint density at radius 1 is 1.32 bits per heavy atom.